The van der Waals surface area contributed by atoms with Crippen molar-refractivity contribution in [2.24, 2.45) is 11.8 Å². The summed E-state index contributed by atoms with van der Waals surface area (Å²) in [5, 5.41) is 0. The zero-order chi connectivity index (χ0) is 24.5. The van der Waals surface area contributed by atoms with Crippen LogP contribution in [0.2, 0.25) is 0 Å². The van der Waals surface area contributed by atoms with Crippen LogP contribution in [0.25, 0.3) is 0 Å². The number of ether oxygens (including phenoxy) is 3. The summed E-state index contributed by atoms with van der Waals surface area (Å²) in [6, 6.07) is 8.69. The van der Waals surface area contributed by atoms with Gasteiger partial charge in [-0.25, -0.2) is 0 Å². The zero-order valence-corrected chi connectivity index (χ0v) is 20.6. The lowest BCUT2D eigenvalue weighted by atomic mass is 9.74. The fourth-order valence-corrected chi connectivity index (χ4v) is 5.50. The first kappa shape index (κ1) is 23.5. The first-order valence-corrected chi connectivity index (χ1v) is 12.6. The number of hydrogen-bond acceptors (Lipinski definition) is 6. The van der Waals surface area contributed by atoms with Gasteiger partial charge >= 0.3 is 0 Å². The molecule has 5 rings (SSSR count). The maximum Gasteiger partial charge on any atom is 0.290 e. The van der Waals surface area contributed by atoms with Crippen LogP contribution in [0.5, 0.6) is 11.5 Å². The molecule has 0 bridgehead atoms. The van der Waals surface area contributed by atoms with Crippen LogP contribution in [0, 0.1) is 11.8 Å². The summed E-state index contributed by atoms with van der Waals surface area (Å²) in [5.41, 5.74) is 1.24. The Kier molecular flexibility index (Phi) is 6.58. The Balaban J connectivity index is 1.54. The molecular formula is C28H33NO6. The number of carbonyl (C=O) groups is 2. The summed E-state index contributed by atoms with van der Waals surface area (Å²) in [4.78, 5) is 29.2. The Bertz CT molecular complexity index is 1120. The van der Waals surface area contributed by atoms with Crippen molar-refractivity contribution >= 4 is 11.7 Å². The van der Waals surface area contributed by atoms with Crippen LogP contribution in [0.1, 0.15) is 63.3 Å². The van der Waals surface area contributed by atoms with Crippen molar-refractivity contribution in [1.82, 2.24) is 4.90 Å². The molecule has 1 fully saturated rings. The Morgan fingerprint density at radius 2 is 2.00 bits per heavy atom. The molecule has 7 nitrogen and oxygen atoms in total. The molecule has 4 atom stereocenters. The molecule has 0 spiro atoms. The third-order valence-electron chi connectivity index (χ3n) is 7.37. The average Bonchev–Trinajstić information content (AvgIpc) is 3.47. The van der Waals surface area contributed by atoms with E-state index in [0.717, 1.165) is 37.7 Å². The molecule has 4 unspecified atom stereocenters. The van der Waals surface area contributed by atoms with E-state index in [1.807, 2.05) is 24.3 Å². The van der Waals surface area contributed by atoms with Crippen LogP contribution < -0.4 is 9.47 Å². The second-order valence-electron chi connectivity index (χ2n) is 9.82. The second-order valence-corrected chi connectivity index (χ2v) is 9.82. The van der Waals surface area contributed by atoms with Gasteiger partial charge in [0.25, 0.3) is 5.91 Å². The average molecular weight is 480 g/mol. The van der Waals surface area contributed by atoms with Crippen LogP contribution >= 0.6 is 0 Å². The standard InChI is InChI=1S/C28H33NO6/c1-4-5-12-34-22-11-9-18(15-23(22)32-3)25-24-26(30)20-14-17(2)8-10-21(20)35-27(24)28(31)29(25)16-19-7-6-13-33-19/h6-7,9,11,13,15,17,20-21,25H,4-5,8,10,12,14,16H2,1-3H3. The van der Waals surface area contributed by atoms with E-state index in [0.29, 0.717) is 35.4 Å². The highest BCUT2D eigenvalue weighted by Gasteiger charge is 2.52. The number of fused-ring (bicyclic) bond motifs is 1. The van der Waals surface area contributed by atoms with Gasteiger partial charge in [-0.05, 0) is 61.4 Å². The first-order chi connectivity index (χ1) is 17.0. The van der Waals surface area contributed by atoms with Gasteiger partial charge in [-0.1, -0.05) is 26.3 Å². The maximum absolute atomic E-state index is 13.9. The van der Waals surface area contributed by atoms with Gasteiger partial charge in [0.15, 0.2) is 23.0 Å². The minimum absolute atomic E-state index is 0.0327. The lowest BCUT2D eigenvalue weighted by Crippen LogP contribution is -2.41. The van der Waals surface area contributed by atoms with E-state index < -0.39 is 6.04 Å². The number of unbranched alkanes of at least 4 members (excludes halogenated alkanes) is 1. The van der Waals surface area contributed by atoms with E-state index in [9.17, 15) is 9.59 Å². The summed E-state index contributed by atoms with van der Waals surface area (Å²) in [6.07, 6.45) is 5.92. The van der Waals surface area contributed by atoms with E-state index in [1.165, 1.54) is 0 Å². The van der Waals surface area contributed by atoms with E-state index in [4.69, 9.17) is 18.6 Å². The van der Waals surface area contributed by atoms with Gasteiger partial charge in [-0.15, -0.1) is 0 Å². The minimum Gasteiger partial charge on any atom is -0.493 e. The molecule has 1 aliphatic carbocycles. The van der Waals surface area contributed by atoms with Crippen molar-refractivity contribution in [1.29, 1.82) is 0 Å². The van der Waals surface area contributed by atoms with E-state index in [-0.39, 0.29) is 36.0 Å². The van der Waals surface area contributed by atoms with Crippen LogP contribution in [0.4, 0.5) is 0 Å². The first-order valence-electron chi connectivity index (χ1n) is 12.6. The fourth-order valence-electron chi connectivity index (χ4n) is 5.50. The second kappa shape index (κ2) is 9.80. The number of rotatable bonds is 8. The number of methoxy groups -OCH3 is 1. The minimum atomic E-state index is -0.577. The van der Waals surface area contributed by atoms with Crippen LogP contribution in [0.15, 0.2) is 52.3 Å². The van der Waals surface area contributed by atoms with Crippen LogP contribution in [-0.2, 0) is 20.9 Å². The monoisotopic (exact) mass is 479 g/mol. The highest BCUT2D eigenvalue weighted by molar-refractivity contribution is 6.11. The third kappa shape index (κ3) is 4.32. The van der Waals surface area contributed by atoms with Crippen molar-refractivity contribution in [3.05, 3.63) is 59.3 Å². The number of benzene rings is 1. The molecule has 2 aliphatic heterocycles. The lowest BCUT2D eigenvalue weighted by Gasteiger charge is -2.37. The third-order valence-corrected chi connectivity index (χ3v) is 7.37. The van der Waals surface area contributed by atoms with Gasteiger partial charge in [0, 0.05) is 0 Å². The summed E-state index contributed by atoms with van der Waals surface area (Å²) >= 11 is 0. The smallest absolute Gasteiger partial charge is 0.290 e. The van der Waals surface area contributed by atoms with Gasteiger partial charge in [0.05, 0.1) is 44.1 Å². The SMILES string of the molecule is CCCCOc1ccc(C2C3=C(OC4CCC(C)CC4C3=O)C(=O)N2Cc2ccco2)cc1OC. The summed E-state index contributed by atoms with van der Waals surface area (Å²) < 4.78 is 23.4. The number of Topliss-reactive ketones (excluding diaryl/α,β-unsaturated/α-hetero) is 1. The zero-order valence-electron chi connectivity index (χ0n) is 20.6. The fraction of sp³-hybridized carbons (Fsp3) is 0.500. The Morgan fingerprint density at radius 1 is 1.14 bits per heavy atom. The van der Waals surface area contributed by atoms with Gasteiger partial charge in [-0.2, -0.15) is 0 Å². The van der Waals surface area contributed by atoms with Crippen molar-refractivity contribution < 1.29 is 28.2 Å². The van der Waals surface area contributed by atoms with Gasteiger partial charge in [-0.3, -0.25) is 9.59 Å². The van der Waals surface area contributed by atoms with Crippen LogP contribution in [-0.4, -0.2) is 36.4 Å². The number of amides is 1. The summed E-state index contributed by atoms with van der Waals surface area (Å²) in [6.45, 7) is 5.13. The van der Waals surface area contributed by atoms with E-state index in [1.54, 1.807) is 24.3 Å². The topological polar surface area (TPSA) is 78.2 Å². The molecular weight excluding hydrogens is 446 g/mol. The van der Waals surface area contributed by atoms with Gasteiger partial charge < -0.3 is 23.5 Å². The quantitative estimate of drug-likeness (QED) is 0.484. The van der Waals surface area contributed by atoms with E-state index >= 15 is 0 Å². The number of furan rings is 1. The van der Waals surface area contributed by atoms with Gasteiger partial charge in [0.1, 0.15) is 11.9 Å². The summed E-state index contributed by atoms with van der Waals surface area (Å²) in [7, 11) is 1.60. The molecule has 1 saturated carbocycles. The molecule has 0 saturated heterocycles. The lowest BCUT2D eigenvalue weighted by molar-refractivity contribution is -0.136. The van der Waals surface area contributed by atoms with Crippen molar-refractivity contribution in [2.45, 2.75) is 64.6 Å². The predicted molar refractivity (Wildman–Crippen MR) is 129 cm³/mol. The van der Waals surface area contributed by atoms with Crippen LogP contribution in [0.3, 0.4) is 0 Å². The van der Waals surface area contributed by atoms with Crippen molar-refractivity contribution in [2.75, 3.05) is 13.7 Å². The molecule has 1 aromatic carbocycles. The predicted octanol–water partition coefficient (Wildman–Crippen LogP) is 5.21. The molecule has 3 aliphatic rings. The molecule has 0 N–H and O–H groups in total. The molecule has 186 valence electrons. The molecule has 1 aromatic heterocycles. The Morgan fingerprint density at radius 3 is 2.74 bits per heavy atom. The number of ketones is 1. The van der Waals surface area contributed by atoms with Crippen molar-refractivity contribution in [3.63, 3.8) is 0 Å². The summed E-state index contributed by atoms with van der Waals surface area (Å²) in [5.74, 6) is 2.08. The number of hydrogen-bond donors (Lipinski definition) is 0. The maximum atomic E-state index is 13.9. The highest BCUT2D eigenvalue weighted by Crippen LogP contribution is 2.49. The molecule has 1 amide bonds. The highest BCUT2D eigenvalue weighted by atomic mass is 16.5. The Hall–Kier alpha value is -3.22. The number of carbonyl (C=O) groups excluding carboxylic acids is 2. The Labute approximate surface area is 206 Å². The normalized spacial score (nSPS) is 25.9. The molecule has 3 heterocycles. The molecule has 2 aromatic rings. The molecule has 7 heteroatoms. The number of nitrogens with zero attached hydrogens (tertiary/aromatic N) is 1. The van der Waals surface area contributed by atoms with Crippen molar-refractivity contribution in [3.8, 4) is 11.5 Å². The van der Waals surface area contributed by atoms with E-state index in [2.05, 4.69) is 13.8 Å². The molecule has 35 heavy (non-hydrogen) atoms. The van der Waals surface area contributed by atoms with Gasteiger partial charge in [0.2, 0.25) is 0 Å². The molecule has 0 radical (unpaired) electrons. The largest absolute Gasteiger partial charge is 0.493 e.